The van der Waals surface area contributed by atoms with E-state index in [0.717, 1.165) is 29.9 Å². The summed E-state index contributed by atoms with van der Waals surface area (Å²) in [6.07, 6.45) is 6.05. The van der Waals surface area contributed by atoms with Gasteiger partial charge in [-0.15, -0.1) is 0 Å². The maximum atomic E-state index is 9.43. The highest BCUT2D eigenvalue weighted by Crippen LogP contribution is 2.30. The molecule has 0 spiro atoms. The van der Waals surface area contributed by atoms with Crippen LogP contribution in [-0.2, 0) is 0 Å². The Bertz CT molecular complexity index is 501. The fraction of sp³-hybridized carbons (Fsp3) is 0.625. The maximum absolute atomic E-state index is 9.43. The molecule has 20 heavy (non-hydrogen) atoms. The molecule has 0 radical (unpaired) electrons. The summed E-state index contributed by atoms with van der Waals surface area (Å²) in [5.74, 6) is 0. The molecule has 1 saturated carbocycles. The van der Waals surface area contributed by atoms with Crippen molar-refractivity contribution in [2.45, 2.75) is 52.0 Å². The highest BCUT2D eigenvalue weighted by molar-refractivity contribution is 5.62. The van der Waals surface area contributed by atoms with Crippen molar-refractivity contribution in [3.8, 4) is 6.07 Å². The van der Waals surface area contributed by atoms with Crippen LogP contribution in [0.3, 0.4) is 0 Å². The number of aliphatic hydroxyl groups is 1. The van der Waals surface area contributed by atoms with Crippen molar-refractivity contribution in [3.05, 3.63) is 23.0 Å². The van der Waals surface area contributed by atoms with Crippen molar-refractivity contribution in [2.24, 2.45) is 0 Å². The number of hydrogen-bond acceptors (Lipinski definition) is 4. The van der Waals surface area contributed by atoms with Crippen LogP contribution in [0.1, 0.15) is 49.1 Å². The fourth-order valence-electron chi connectivity index (χ4n) is 3.17. The van der Waals surface area contributed by atoms with E-state index in [2.05, 4.69) is 16.0 Å². The zero-order chi connectivity index (χ0) is 14.5. The lowest BCUT2D eigenvalue weighted by molar-refractivity contribution is 0.290. The predicted octanol–water partition coefficient (Wildman–Crippen LogP) is 2.70. The van der Waals surface area contributed by atoms with E-state index in [1.54, 1.807) is 0 Å². The third-order valence-corrected chi connectivity index (χ3v) is 4.09. The van der Waals surface area contributed by atoms with Crippen LogP contribution >= 0.6 is 0 Å². The highest BCUT2D eigenvalue weighted by atomic mass is 16.3. The standard InChI is InChI=1S/C16H23N3O/c1-12-10-16(15(11-17)13(2)18-12)19(8-9-20)14-6-4-3-5-7-14/h10,14,20H,3-9H2,1-2H3. The Kier molecular flexibility index (Phi) is 4.97. The monoisotopic (exact) mass is 273 g/mol. The molecule has 1 heterocycles. The van der Waals surface area contributed by atoms with Gasteiger partial charge in [0, 0.05) is 18.3 Å². The molecule has 0 saturated heterocycles. The molecule has 4 heteroatoms. The van der Waals surface area contributed by atoms with Gasteiger partial charge in [-0.25, -0.2) is 0 Å². The lowest BCUT2D eigenvalue weighted by Crippen LogP contribution is -2.39. The van der Waals surface area contributed by atoms with E-state index in [1.165, 1.54) is 19.3 Å². The van der Waals surface area contributed by atoms with E-state index >= 15 is 0 Å². The van der Waals surface area contributed by atoms with E-state index in [4.69, 9.17) is 0 Å². The van der Waals surface area contributed by atoms with Gasteiger partial charge in [0.25, 0.3) is 0 Å². The molecule has 1 N–H and O–H groups in total. The van der Waals surface area contributed by atoms with Crippen LogP contribution in [0.15, 0.2) is 6.07 Å². The molecule has 0 bridgehead atoms. The molecule has 0 atom stereocenters. The molecule has 0 aliphatic heterocycles. The molecule has 0 amide bonds. The largest absolute Gasteiger partial charge is 0.395 e. The number of aryl methyl sites for hydroxylation is 2. The van der Waals surface area contributed by atoms with E-state index in [-0.39, 0.29) is 6.61 Å². The summed E-state index contributed by atoms with van der Waals surface area (Å²) in [6, 6.07) is 4.70. The van der Waals surface area contributed by atoms with Crippen molar-refractivity contribution < 1.29 is 5.11 Å². The number of anilines is 1. The summed E-state index contributed by atoms with van der Waals surface area (Å²) in [5.41, 5.74) is 3.30. The van der Waals surface area contributed by atoms with Crippen LogP contribution in [0.2, 0.25) is 0 Å². The zero-order valence-electron chi connectivity index (χ0n) is 12.4. The summed E-state index contributed by atoms with van der Waals surface area (Å²) in [7, 11) is 0. The molecule has 2 rings (SSSR count). The first-order valence-electron chi connectivity index (χ1n) is 7.43. The minimum absolute atomic E-state index is 0.113. The Morgan fingerprint density at radius 1 is 1.35 bits per heavy atom. The third-order valence-electron chi connectivity index (χ3n) is 4.09. The summed E-state index contributed by atoms with van der Waals surface area (Å²) >= 11 is 0. The van der Waals surface area contributed by atoms with Gasteiger partial charge in [-0.3, -0.25) is 4.98 Å². The average molecular weight is 273 g/mol. The second-order valence-corrected chi connectivity index (χ2v) is 5.56. The van der Waals surface area contributed by atoms with Crippen LogP contribution in [-0.4, -0.2) is 29.3 Å². The SMILES string of the molecule is Cc1cc(N(CCO)C2CCCCC2)c(C#N)c(C)n1. The van der Waals surface area contributed by atoms with Gasteiger partial charge in [0.2, 0.25) is 0 Å². The number of nitriles is 1. The van der Waals surface area contributed by atoms with Gasteiger partial charge in [0.1, 0.15) is 6.07 Å². The summed E-state index contributed by atoms with van der Waals surface area (Å²) < 4.78 is 0. The second kappa shape index (κ2) is 6.71. The Balaban J connectivity index is 2.40. The topological polar surface area (TPSA) is 60.1 Å². The number of aliphatic hydroxyl groups excluding tert-OH is 1. The normalized spacial score (nSPS) is 15.9. The molecule has 108 valence electrons. The smallest absolute Gasteiger partial charge is 0.103 e. The lowest BCUT2D eigenvalue weighted by Gasteiger charge is -2.36. The molecule has 1 aromatic rings. The second-order valence-electron chi connectivity index (χ2n) is 5.56. The van der Waals surface area contributed by atoms with Crippen molar-refractivity contribution in [1.82, 2.24) is 4.98 Å². The minimum atomic E-state index is 0.113. The number of hydrogen-bond donors (Lipinski definition) is 1. The Hall–Kier alpha value is -1.60. The van der Waals surface area contributed by atoms with Gasteiger partial charge < -0.3 is 10.0 Å². The summed E-state index contributed by atoms with van der Waals surface area (Å²) in [4.78, 5) is 6.60. The van der Waals surface area contributed by atoms with Crippen LogP contribution in [0.4, 0.5) is 5.69 Å². The molecular weight excluding hydrogens is 250 g/mol. The number of nitrogens with zero attached hydrogens (tertiary/aromatic N) is 3. The first-order valence-corrected chi connectivity index (χ1v) is 7.43. The number of rotatable bonds is 4. The third kappa shape index (κ3) is 3.10. The molecule has 1 aliphatic carbocycles. The van der Waals surface area contributed by atoms with Crippen LogP contribution in [0, 0.1) is 25.2 Å². The fourth-order valence-corrected chi connectivity index (χ4v) is 3.17. The van der Waals surface area contributed by atoms with E-state index in [0.29, 0.717) is 18.2 Å². The zero-order valence-corrected chi connectivity index (χ0v) is 12.4. The predicted molar refractivity (Wildman–Crippen MR) is 79.7 cm³/mol. The van der Waals surface area contributed by atoms with Crippen molar-refractivity contribution in [3.63, 3.8) is 0 Å². The molecule has 4 nitrogen and oxygen atoms in total. The van der Waals surface area contributed by atoms with Gasteiger partial charge in [-0.05, 0) is 32.8 Å². The molecule has 1 aliphatic rings. The first-order chi connectivity index (χ1) is 9.67. The quantitative estimate of drug-likeness (QED) is 0.916. The van der Waals surface area contributed by atoms with Crippen molar-refractivity contribution >= 4 is 5.69 Å². The van der Waals surface area contributed by atoms with Gasteiger partial charge >= 0.3 is 0 Å². The number of pyridine rings is 1. The maximum Gasteiger partial charge on any atom is 0.103 e. The Morgan fingerprint density at radius 3 is 2.65 bits per heavy atom. The lowest BCUT2D eigenvalue weighted by atomic mass is 9.93. The van der Waals surface area contributed by atoms with Crippen LogP contribution < -0.4 is 4.90 Å². The average Bonchev–Trinajstić information content (AvgIpc) is 2.45. The first kappa shape index (κ1) is 14.8. The Labute approximate surface area is 121 Å². The molecule has 0 unspecified atom stereocenters. The summed E-state index contributed by atoms with van der Waals surface area (Å²) in [5, 5.41) is 18.8. The van der Waals surface area contributed by atoms with Crippen LogP contribution in [0.5, 0.6) is 0 Å². The molecule has 0 aromatic carbocycles. The van der Waals surface area contributed by atoms with Gasteiger partial charge in [0.15, 0.2) is 0 Å². The highest BCUT2D eigenvalue weighted by Gasteiger charge is 2.24. The van der Waals surface area contributed by atoms with E-state index in [1.807, 2.05) is 19.9 Å². The van der Waals surface area contributed by atoms with E-state index < -0.39 is 0 Å². The van der Waals surface area contributed by atoms with Crippen molar-refractivity contribution in [2.75, 3.05) is 18.1 Å². The molecular formula is C16H23N3O. The van der Waals surface area contributed by atoms with Crippen LogP contribution in [0.25, 0.3) is 0 Å². The van der Waals surface area contributed by atoms with Gasteiger partial charge in [-0.2, -0.15) is 5.26 Å². The Morgan fingerprint density at radius 2 is 2.05 bits per heavy atom. The van der Waals surface area contributed by atoms with E-state index in [9.17, 15) is 10.4 Å². The van der Waals surface area contributed by atoms with Crippen molar-refractivity contribution in [1.29, 1.82) is 5.26 Å². The molecule has 1 aromatic heterocycles. The minimum Gasteiger partial charge on any atom is -0.395 e. The molecule has 1 fully saturated rings. The number of aromatic nitrogens is 1. The van der Waals surface area contributed by atoms with Gasteiger partial charge in [0.05, 0.1) is 23.6 Å². The summed E-state index contributed by atoms with van der Waals surface area (Å²) in [6.45, 7) is 4.53. The van der Waals surface area contributed by atoms with Gasteiger partial charge in [-0.1, -0.05) is 19.3 Å².